The van der Waals surface area contributed by atoms with E-state index in [1.54, 1.807) is 7.11 Å². The molecule has 4 atom stereocenters. The minimum absolute atomic E-state index is 0.155. The Balaban J connectivity index is 1.44. The largest absolute Gasteiger partial charge is 0.497 e. The molecule has 0 unspecified atom stereocenters. The highest BCUT2D eigenvalue weighted by Gasteiger charge is 2.42. The van der Waals surface area contributed by atoms with E-state index < -0.39 is 0 Å². The lowest BCUT2D eigenvalue weighted by molar-refractivity contribution is 0.357. The van der Waals surface area contributed by atoms with Gasteiger partial charge in [0.25, 0.3) is 0 Å². The number of rotatable bonds is 6. The highest BCUT2D eigenvalue weighted by molar-refractivity contribution is 7.80. The Morgan fingerprint density at radius 1 is 0.951 bits per heavy atom. The Morgan fingerprint density at radius 2 is 1.68 bits per heavy atom. The van der Waals surface area contributed by atoms with Gasteiger partial charge in [0.1, 0.15) is 11.8 Å². The van der Waals surface area contributed by atoms with Gasteiger partial charge in [0, 0.05) is 42.0 Å². The molecule has 212 valence electrons. The van der Waals surface area contributed by atoms with Crippen LogP contribution in [-0.2, 0) is 0 Å². The highest BCUT2D eigenvalue weighted by Crippen LogP contribution is 2.44. The Labute approximate surface area is 252 Å². The van der Waals surface area contributed by atoms with Crippen molar-refractivity contribution >= 4 is 40.3 Å². The lowest BCUT2D eigenvalue weighted by atomic mass is 9.91. The molecule has 8 heteroatoms. The minimum Gasteiger partial charge on any atom is -0.497 e. The van der Waals surface area contributed by atoms with Crippen LogP contribution in [0.3, 0.4) is 0 Å². The predicted molar refractivity (Wildman–Crippen MR) is 172 cm³/mol. The Bertz CT molecular complexity index is 1530. The average Bonchev–Trinajstić information content (AvgIpc) is 3.52. The standard InChI is InChI=1S/C33H36ClN5OS/c1-21-17-22(2)20-37(19-21)29-15-11-25(18-27(29)34)39-32(31(36-33(39)41)28-7-5-6-16-35-28)30-14-8-23(3)38(30)24-9-12-26(40-4)13-10-24/h5-16,18,21-22,31-32H,17,19-20H2,1-4H3,(H,36,41)/t21-,22-,31-,32+/m0/s1. The van der Waals surface area contributed by atoms with E-state index >= 15 is 0 Å². The summed E-state index contributed by atoms with van der Waals surface area (Å²) in [5.41, 5.74) is 6.27. The van der Waals surface area contributed by atoms with Crippen LogP contribution >= 0.6 is 23.8 Å². The molecule has 2 saturated heterocycles. The molecule has 2 aliphatic heterocycles. The van der Waals surface area contributed by atoms with Crippen molar-refractivity contribution in [3.63, 3.8) is 0 Å². The Hall–Kier alpha value is -3.55. The molecule has 6 nitrogen and oxygen atoms in total. The number of ether oxygens (including phenoxy) is 1. The van der Waals surface area contributed by atoms with Gasteiger partial charge in [-0.15, -0.1) is 0 Å². The van der Waals surface area contributed by atoms with Crippen molar-refractivity contribution in [2.24, 2.45) is 11.8 Å². The van der Waals surface area contributed by atoms with Crippen LogP contribution in [-0.4, -0.2) is 34.9 Å². The molecule has 0 bridgehead atoms. The van der Waals surface area contributed by atoms with Crippen LogP contribution < -0.4 is 19.9 Å². The maximum Gasteiger partial charge on any atom is 0.174 e. The van der Waals surface area contributed by atoms with E-state index in [-0.39, 0.29) is 12.1 Å². The number of methoxy groups -OCH3 is 1. The third-order valence-electron chi connectivity index (χ3n) is 8.26. The number of nitrogens with one attached hydrogen (secondary N) is 1. The van der Waals surface area contributed by atoms with E-state index in [9.17, 15) is 0 Å². The van der Waals surface area contributed by atoms with Gasteiger partial charge in [-0.2, -0.15) is 0 Å². The first-order chi connectivity index (χ1) is 19.8. The van der Waals surface area contributed by atoms with E-state index in [1.807, 2.05) is 30.5 Å². The second kappa shape index (κ2) is 11.4. The van der Waals surface area contributed by atoms with Crippen molar-refractivity contribution in [3.8, 4) is 11.4 Å². The van der Waals surface area contributed by atoms with Crippen LogP contribution in [0.25, 0.3) is 5.69 Å². The third-order valence-corrected chi connectivity index (χ3v) is 8.87. The van der Waals surface area contributed by atoms with Crippen LogP contribution in [0, 0.1) is 18.8 Å². The molecule has 41 heavy (non-hydrogen) atoms. The number of hydrogen-bond donors (Lipinski definition) is 1. The number of piperidine rings is 1. The van der Waals surface area contributed by atoms with Crippen molar-refractivity contribution in [2.45, 2.75) is 39.3 Å². The number of anilines is 2. The molecule has 6 rings (SSSR count). The molecule has 4 aromatic rings. The molecule has 0 aliphatic carbocycles. The van der Waals surface area contributed by atoms with E-state index in [4.69, 9.17) is 33.5 Å². The monoisotopic (exact) mass is 585 g/mol. The van der Waals surface area contributed by atoms with Crippen molar-refractivity contribution in [2.75, 3.05) is 30.0 Å². The van der Waals surface area contributed by atoms with Crippen LogP contribution in [0.5, 0.6) is 5.75 Å². The first-order valence-corrected chi connectivity index (χ1v) is 15.0. The van der Waals surface area contributed by atoms with Crippen LogP contribution in [0.4, 0.5) is 11.4 Å². The Morgan fingerprint density at radius 3 is 2.34 bits per heavy atom. The van der Waals surface area contributed by atoms with Crippen LogP contribution in [0.15, 0.2) is 79.0 Å². The fourth-order valence-corrected chi connectivity index (χ4v) is 7.21. The number of hydrogen-bond acceptors (Lipinski definition) is 4. The molecule has 2 aliphatic rings. The molecule has 2 fully saturated rings. The summed E-state index contributed by atoms with van der Waals surface area (Å²) in [7, 11) is 1.69. The van der Waals surface area contributed by atoms with Crippen LogP contribution in [0.1, 0.15) is 49.4 Å². The van der Waals surface area contributed by atoms with E-state index in [0.717, 1.165) is 58.0 Å². The number of nitrogens with zero attached hydrogens (tertiary/aromatic N) is 4. The van der Waals surface area contributed by atoms with Crippen molar-refractivity contribution in [3.05, 3.63) is 101 Å². The van der Waals surface area contributed by atoms with Gasteiger partial charge in [0.2, 0.25) is 0 Å². The van der Waals surface area contributed by atoms with Gasteiger partial charge in [-0.1, -0.05) is 31.5 Å². The number of thiocarbonyl (C=S) groups is 1. The maximum absolute atomic E-state index is 7.03. The molecule has 2 aromatic heterocycles. The van der Waals surface area contributed by atoms with Crippen molar-refractivity contribution in [1.82, 2.24) is 14.9 Å². The second-order valence-electron chi connectivity index (χ2n) is 11.4. The minimum atomic E-state index is -0.162. The quantitative estimate of drug-likeness (QED) is 0.236. The predicted octanol–water partition coefficient (Wildman–Crippen LogP) is 7.50. The molecule has 4 heterocycles. The van der Waals surface area contributed by atoms with Crippen LogP contribution in [0.2, 0.25) is 5.02 Å². The van der Waals surface area contributed by atoms with Gasteiger partial charge in [-0.05, 0) is 104 Å². The zero-order valence-corrected chi connectivity index (χ0v) is 25.5. The van der Waals surface area contributed by atoms with Gasteiger partial charge in [0.15, 0.2) is 5.11 Å². The molecular formula is C33H36ClN5OS. The summed E-state index contributed by atoms with van der Waals surface area (Å²) < 4.78 is 7.70. The summed E-state index contributed by atoms with van der Waals surface area (Å²) in [6.45, 7) is 8.81. The molecule has 0 amide bonds. The van der Waals surface area contributed by atoms with Gasteiger partial charge in [-0.3, -0.25) is 4.98 Å². The first-order valence-electron chi connectivity index (χ1n) is 14.2. The SMILES string of the molecule is COc1ccc(-n2c(C)ccc2[C@@H]2[C@H](c3ccccn3)NC(=S)N2c2ccc(N3C[C@@H](C)C[C@H](C)C3)c(Cl)c2)cc1. The summed E-state index contributed by atoms with van der Waals surface area (Å²) in [6, 6.07) is 24.6. The summed E-state index contributed by atoms with van der Waals surface area (Å²) >= 11 is 13.0. The zero-order valence-electron chi connectivity index (χ0n) is 23.9. The fraction of sp³-hybridized carbons (Fsp3) is 0.333. The van der Waals surface area contributed by atoms with E-state index in [1.165, 1.54) is 6.42 Å². The topological polar surface area (TPSA) is 45.6 Å². The number of halogens is 1. The summed E-state index contributed by atoms with van der Waals surface area (Å²) in [5, 5.41) is 4.98. The average molecular weight is 586 g/mol. The molecule has 1 N–H and O–H groups in total. The van der Waals surface area contributed by atoms with E-state index in [2.05, 4.69) is 89.0 Å². The maximum atomic E-state index is 7.03. The van der Waals surface area contributed by atoms with Crippen molar-refractivity contribution < 1.29 is 4.74 Å². The fourth-order valence-electron chi connectivity index (χ4n) is 6.57. The lowest BCUT2D eigenvalue weighted by Crippen LogP contribution is -2.38. The molecule has 2 aromatic carbocycles. The van der Waals surface area contributed by atoms with Crippen molar-refractivity contribution in [1.29, 1.82) is 0 Å². The van der Waals surface area contributed by atoms with Gasteiger partial charge in [0.05, 0.1) is 29.6 Å². The second-order valence-corrected chi connectivity index (χ2v) is 12.2. The molecule has 0 spiro atoms. The van der Waals surface area contributed by atoms with E-state index in [0.29, 0.717) is 16.9 Å². The zero-order chi connectivity index (χ0) is 28.7. The Kier molecular flexibility index (Phi) is 7.66. The number of pyridine rings is 1. The lowest BCUT2D eigenvalue weighted by Gasteiger charge is -2.37. The molecular weight excluding hydrogens is 550 g/mol. The smallest absolute Gasteiger partial charge is 0.174 e. The normalized spacial score (nSPS) is 22.6. The van der Waals surface area contributed by atoms with Gasteiger partial charge < -0.3 is 24.4 Å². The number of benzene rings is 2. The summed E-state index contributed by atoms with van der Waals surface area (Å²) in [6.07, 6.45) is 3.09. The summed E-state index contributed by atoms with van der Waals surface area (Å²) in [4.78, 5) is 9.35. The number of aryl methyl sites for hydroxylation is 1. The third kappa shape index (κ3) is 5.29. The number of aromatic nitrogens is 2. The highest BCUT2D eigenvalue weighted by atomic mass is 35.5. The molecule has 0 saturated carbocycles. The molecule has 0 radical (unpaired) electrons. The summed E-state index contributed by atoms with van der Waals surface area (Å²) in [5.74, 6) is 2.11. The first kappa shape index (κ1) is 27.6. The van der Waals surface area contributed by atoms with Gasteiger partial charge >= 0.3 is 0 Å². The van der Waals surface area contributed by atoms with Gasteiger partial charge in [-0.25, -0.2) is 0 Å².